The third-order valence-corrected chi connectivity index (χ3v) is 4.03. The molecule has 0 saturated heterocycles. The maximum Gasteiger partial charge on any atom is 0.304 e. The highest BCUT2D eigenvalue weighted by Crippen LogP contribution is 2.23. The van der Waals surface area contributed by atoms with Crippen LogP contribution in [0.15, 0.2) is 18.2 Å². The Labute approximate surface area is 121 Å². The van der Waals surface area contributed by atoms with Crippen LogP contribution in [0.5, 0.6) is 0 Å². The van der Waals surface area contributed by atoms with Crippen molar-refractivity contribution in [2.75, 3.05) is 6.54 Å². The molecule has 1 aliphatic carbocycles. The monoisotopic (exact) mass is 275 g/mol. The first-order chi connectivity index (χ1) is 9.69. The van der Waals surface area contributed by atoms with Crippen LogP contribution in [0.25, 0.3) is 0 Å². The van der Waals surface area contributed by atoms with Crippen molar-refractivity contribution in [2.45, 2.75) is 57.9 Å². The normalized spacial score (nSPS) is 15.1. The molecule has 0 aromatic heterocycles. The number of rotatable bonds is 8. The number of carboxylic acid groups (broad SMARTS) is 1. The van der Waals surface area contributed by atoms with Gasteiger partial charge in [0, 0.05) is 6.04 Å². The highest BCUT2D eigenvalue weighted by Gasteiger charge is 2.15. The van der Waals surface area contributed by atoms with Crippen molar-refractivity contribution in [1.29, 1.82) is 0 Å². The number of aliphatic carboxylic acids is 1. The summed E-state index contributed by atoms with van der Waals surface area (Å²) in [4.78, 5) is 11.0. The zero-order valence-electron chi connectivity index (χ0n) is 12.3. The van der Waals surface area contributed by atoms with Crippen LogP contribution in [0, 0.1) is 0 Å². The summed E-state index contributed by atoms with van der Waals surface area (Å²) in [7, 11) is 0. The van der Waals surface area contributed by atoms with E-state index in [1.54, 1.807) is 0 Å². The molecule has 1 atom stereocenters. The molecule has 0 heterocycles. The van der Waals surface area contributed by atoms with Crippen molar-refractivity contribution in [3.63, 3.8) is 0 Å². The quantitative estimate of drug-likeness (QED) is 0.717. The lowest BCUT2D eigenvalue weighted by Crippen LogP contribution is -2.34. The van der Waals surface area contributed by atoms with Gasteiger partial charge >= 0.3 is 5.97 Å². The topological polar surface area (TPSA) is 49.3 Å². The van der Waals surface area contributed by atoms with Crippen LogP contribution in [-0.4, -0.2) is 23.7 Å². The van der Waals surface area contributed by atoms with Gasteiger partial charge in [-0.3, -0.25) is 4.79 Å². The largest absolute Gasteiger partial charge is 0.481 e. The molecule has 0 bridgehead atoms. The van der Waals surface area contributed by atoms with Crippen LogP contribution in [0.1, 0.15) is 49.3 Å². The Balaban J connectivity index is 1.96. The minimum Gasteiger partial charge on any atom is -0.481 e. The number of carbonyl (C=O) groups is 1. The van der Waals surface area contributed by atoms with E-state index in [9.17, 15) is 4.79 Å². The molecule has 1 aliphatic rings. The molecule has 2 N–H and O–H groups in total. The molecule has 20 heavy (non-hydrogen) atoms. The van der Waals surface area contributed by atoms with Crippen molar-refractivity contribution in [2.24, 2.45) is 0 Å². The van der Waals surface area contributed by atoms with Crippen molar-refractivity contribution in [3.05, 3.63) is 34.9 Å². The van der Waals surface area contributed by atoms with Gasteiger partial charge in [-0.25, -0.2) is 0 Å². The van der Waals surface area contributed by atoms with Crippen LogP contribution in [0.4, 0.5) is 0 Å². The molecule has 110 valence electrons. The molecule has 3 nitrogen and oxygen atoms in total. The van der Waals surface area contributed by atoms with Gasteiger partial charge in [0.2, 0.25) is 0 Å². The zero-order chi connectivity index (χ0) is 14.4. The van der Waals surface area contributed by atoms with Crippen LogP contribution in [0.2, 0.25) is 0 Å². The number of fused-ring (bicyclic) bond motifs is 1. The number of hydrogen-bond donors (Lipinski definition) is 2. The van der Waals surface area contributed by atoms with Gasteiger partial charge in [-0.1, -0.05) is 31.5 Å². The Morgan fingerprint density at radius 3 is 2.90 bits per heavy atom. The third-order valence-electron chi connectivity index (χ3n) is 4.03. The highest BCUT2D eigenvalue weighted by atomic mass is 16.4. The minimum atomic E-state index is -0.722. The standard InChI is InChI=1S/C17H25NO2/c1-2-3-9-18-16(12-17(19)20)11-13-7-8-14-5-4-6-15(14)10-13/h7-8,10,16,18H,2-6,9,11-12H2,1H3,(H,19,20). The lowest BCUT2D eigenvalue weighted by molar-refractivity contribution is -0.137. The van der Waals surface area contributed by atoms with E-state index in [0.717, 1.165) is 25.8 Å². The average Bonchev–Trinajstić information content (AvgIpc) is 2.85. The summed E-state index contributed by atoms with van der Waals surface area (Å²) in [5.41, 5.74) is 4.20. The second-order valence-electron chi connectivity index (χ2n) is 5.76. The first-order valence-corrected chi connectivity index (χ1v) is 7.75. The van der Waals surface area contributed by atoms with E-state index >= 15 is 0 Å². The second-order valence-corrected chi connectivity index (χ2v) is 5.76. The average molecular weight is 275 g/mol. The van der Waals surface area contributed by atoms with Gasteiger partial charge in [-0.2, -0.15) is 0 Å². The van der Waals surface area contributed by atoms with Crippen LogP contribution in [-0.2, 0) is 24.1 Å². The lowest BCUT2D eigenvalue weighted by atomic mass is 9.99. The van der Waals surface area contributed by atoms with Crippen LogP contribution < -0.4 is 5.32 Å². The summed E-state index contributed by atoms with van der Waals surface area (Å²) in [6.07, 6.45) is 6.86. The molecule has 1 unspecified atom stereocenters. The first kappa shape index (κ1) is 15.0. The number of aryl methyl sites for hydroxylation is 2. The van der Waals surface area contributed by atoms with E-state index in [1.165, 1.54) is 36.0 Å². The van der Waals surface area contributed by atoms with E-state index in [-0.39, 0.29) is 12.5 Å². The van der Waals surface area contributed by atoms with E-state index in [2.05, 4.69) is 30.4 Å². The lowest BCUT2D eigenvalue weighted by Gasteiger charge is -2.17. The summed E-state index contributed by atoms with van der Waals surface area (Å²) in [5, 5.41) is 12.4. The SMILES string of the molecule is CCCCNC(CC(=O)O)Cc1ccc2c(c1)CCC2. The Morgan fingerprint density at radius 2 is 2.15 bits per heavy atom. The Bertz CT molecular complexity index is 456. The third kappa shape index (κ3) is 4.34. The summed E-state index contributed by atoms with van der Waals surface area (Å²) in [5.74, 6) is -0.722. The molecule has 0 aliphatic heterocycles. The fraction of sp³-hybridized carbons (Fsp3) is 0.588. The molecule has 1 aromatic rings. The molecule has 0 spiro atoms. The molecule has 0 saturated carbocycles. The summed E-state index contributed by atoms with van der Waals surface area (Å²) >= 11 is 0. The smallest absolute Gasteiger partial charge is 0.304 e. The number of carboxylic acids is 1. The van der Waals surface area contributed by atoms with Gasteiger partial charge < -0.3 is 10.4 Å². The van der Waals surface area contributed by atoms with Gasteiger partial charge in [-0.05, 0) is 55.3 Å². The summed E-state index contributed by atoms with van der Waals surface area (Å²) in [6, 6.07) is 6.71. The molecule has 0 fully saturated rings. The number of nitrogens with one attached hydrogen (secondary N) is 1. The van der Waals surface area contributed by atoms with Gasteiger partial charge in [0.1, 0.15) is 0 Å². The summed E-state index contributed by atoms with van der Waals surface area (Å²) < 4.78 is 0. The number of unbranched alkanes of at least 4 members (excludes halogenated alkanes) is 1. The molecule has 0 radical (unpaired) electrons. The van der Waals surface area contributed by atoms with E-state index in [1.807, 2.05) is 0 Å². The molecule has 1 aromatic carbocycles. The minimum absolute atomic E-state index is 0.0403. The van der Waals surface area contributed by atoms with Gasteiger partial charge in [-0.15, -0.1) is 0 Å². The second kappa shape index (κ2) is 7.44. The van der Waals surface area contributed by atoms with Crippen molar-refractivity contribution in [1.82, 2.24) is 5.32 Å². The van der Waals surface area contributed by atoms with Crippen molar-refractivity contribution >= 4 is 5.97 Å². The summed E-state index contributed by atoms with van der Waals surface area (Å²) in [6.45, 7) is 3.05. The van der Waals surface area contributed by atoms with E-state index < -0.39 is 5.97 Å². The first-order valence-electron chi connectivity index (χ1n) is 7.75. The fourth-order valence-corrected chi connectivity index (χ4v) is 2.95. The zero-order valence-corrected chi connectivity index (χ0v) is 12.3. The van der Waals surface area contributed by atoms with Crippen molar-refractivity contribution in [3.8, 4) is 0 Å². The Kier molecular flexibility index (Phi) is 5.60. The van der Waals surface area contributed by atoms with Gasteiger partial charge in [0.05, 0.1) is 6.42 Å². The number of hydrogen-bond acceptors (Lipinski definition) is 2. The predicted molar refractivity (Wildman–Crippen MR) is 81.1 cm³/mol. The molecular weight excluding hydrogens is 250 g/mol. The van der Waals surface area contributed by atoms with Crippen molar-refractivity contribution < 1.29 is 9.90 Å². The maximum atomic E-state index is 11.0. The molecule has 3 heteroatoms. The van der Waals surface area contributed by atoms with Gasteiger partial charge in [0.15, 0.2) is 0 Å². The Morgan fingerprint density at radius 1 is 1.35 bits per heavy atom. The van der Waals surface area contributed by atoms with Crippen LogP contribution in [0.3, 0.4) is 0 Å². The number of benzene rings is 1. The Hall–Kier alpha value is -1.35. The maximum absolute atomic E-state index is 11.0. The fourth-order valence-electron chi connectivity index (χ4n) is 2.95. The van der Waals surface area contributed by atoms with Crippen LogP contribution >= 0.6 is 0 Å². The molecular formula is C17H25NO2. The van der Waals surface area contributed by atoms with Gasteiger partial charge in [0.25, 0.3) is 0 Å². The molecule has 0 amide bonds. The molecule has 2 rings (SSSR count). The van der Waals surface area contributed by atoms with E-state index in [4.69, 9.17) is 5.11 Å². The highest BCUT2D eigenvalue weighted by molar-refractivity contribution is 5.67. The predicted octanol–water partition coefficient (Wildman–Crippen LogP) is 2.95. The van der Waals surface area contributed by atoms with E-state index in [0.29, 0.717) is 0 Å².